The highest BCUT2D eigenvalue weighted by Gasteiger charge is 2.21. The Hall–Kier alpha value is -1.26. The van der Waals surface area contributed by atoms with Gasteiger partial charge in [0.2, 0.25) is 5.91 Å². The minimum atomic E-state index is -0.354. The molecule has 1 fully saturated rings. The molecule has 4 nitrogen and oxygen atoms in total. The molecular weight excluding hydrogens is 218 g/mol. The first-order valence-corrected chi connectivity index (χ1v) is 4.91. The molecule has 1 aromatic rings. The molecule has 1 saturated heterocycles. The molecule has 0 aromatic heterocycles. The molecule has 0 saturated carbocycles. The van der Waals surface area contributed by atoms with E-state index in [0.717, 1.165) is 0 Å². The second-order valence-electron chi connectivity index (χ2n) is 3.13. The van der Waals surface area contributed by atoms with Crippen LogP contribution in [0.3, 0.4) is 0 Å². The molecule has 1 heterocycles. The molecule has 80 valence electrons. The molecule has 1 aliphatic heterocycles. The van der Waals surface area contributed by atoms with Gasteiger partial charge in [-0.1, -0.05) is 11.6 Å². The lowest BCUT2D eigenvalue weighted by Gasteiger charge is -2.11. The Bertz CT molecular complexity index is 352. The lowest BCUT2D eigenvalue weighted by molar-refractivity contribution is -0.119. The van der Waals surface area contributed by atoms with Crippen LogP contribution in [0.25, 0.3) is 0 Å². The fourth-order valence-corrected chi connectivity index (χ4v) is 1.36. The van der Waals surface area contributed by atoms with E-state index in [0.29, 0.717) is 17.4 Å². The molecule has 1 unspecified atom stereocenters. The van der Waals surface area contributed by atoms with Crippen molar-refractivity contribution in [3.63, 3.8) is 0 Å². The summed E-state index contributed by atoms with van der Waals surface area (Å²) in [5.41, 5.74) is 0. The maximum absolute atomic E-state index is 10.8. The average Bonchev–Trinajstić information content (AvgIpc) is 2.64. The maximum Gasteiger partial charge on any atom is 0.248 e. The number of halogens is 1. The van der Waals surface area contributed by atoms with Gasteiger partial charge in [-0.15, -0.1) is 0 Å². The van der Waals surface area contributed by atoms with E-state index in [-0.39, 0.29) is 18.7 Å². The largest absolute Gasteiger partial charge is 0.489 e. The number of benzene rings is 1. The molecule has 1 amide bonds. The Morgan fingerprint density at radius 2 is 2.20 bits per heavy atom. The Labute approximate surface area is 92.1 Å². The van der Waals surface area contributed by atoms with Gasteiger partial charge in [-0.2, -0.15) is 0 Å². The molecule has 0 radical (unpaired) electrons. The minimum absolute atomic E-state index is 0.106. The van der Waals surface area contributed by atoms with E-state index >= 15 is 0 Å². The summed E-state index contributed by atoms with van der Waals surface area (Å²) in [6.07, 6.45) is -0.354. The van der Waals surface area contributed by atoms with Crippen molar-refractivity contribution >= 4 is 17.5 Å². The van der Waals surface area contributed by atoms with Crippen LogP contribution in [0.4, 0.5) is 0 Å². The third kappa shape index (κ3) is 2.84. The van der Waals surface area contributed by atoms with Crippen molar-refractivity contribution in [2.45, 2.75) is 6.23 Å². The van der Waals surface area contributed by atoms with Crippen LogP contribution in [0.5, 0.6) is 5.75 Å². The van der Waals surface area contributed by atoms with Gasteiger partial charge in [0, 0.05) is 5.02 Å². The number of nitrogens with one attached hydrogen (secondary N) is 1. The van der Waals surface area contributed by atoms with Gasteiger partial charge in [0.1, 0.15) is 19.0 Å². The highest BCUT2D eigenvalue weighted by atomic mass is 35.5. The van der Waals surface area contributed by atoms with E-state index < -0.39 is 0 Å². The first kappa shape index (κ1) is 10.3. The Morgan fingerprint density at radius 1 is 1.47 bits per heavy atom. The highest BCUT2D eigenvalue weighted by molar-refractivity contribution is 6.30. The summed E-state index contributed by atoms with van der Waals surface area (Å²) < 4.78 is 10.5. The zero-order chi connectivity index (χ0) is 10.7. The van der Waals surface area contributed by atoms with E-state index in [1.54, 1.807) is 24.3 Å². The molecule has 5 heteroatoms. The van der Waals surface area contributed by atoms with Crippen molar-refractivity contribution < 1.29 is 14.3 Å². The molecule has 1 aromatic carbocycles. The second-order valence-corrected chi connectivity index (χ2v) is 3.57. The highest BCUT2D eigenvalue weighted by Crippen LogP contribution is 2.15. The molecule has 1 atom stereocenters. The van der Waals surface area contributed by atoms with Gasteiger partial charge in [-0.05, 0) is 24.3 Å². The summed E-state index contributed by atoms with van der Waals surface area (Å²) in [6.45, 7) is 0.405. The van der Waals surface area contributed by atoms with Gasteiger partial charge in [-0.25, -0.2) is 0 Å². The van der Waals surface area contributed by atoms with Crippen LogP contribution in [0.2, 0.25) is 5.02 Å². The van der Waals surface area contributed by atoms with E-state index in [1.165, 1.54) is 0 Å². The van der Waals surface area contributed by atoms with Gasteiger partial charge in [0.15, 0.2) is 6.23 Å². The summed E-state index contributed by atoms with van der Waals surface area (Å²) in [5.74, 6) is 0.587. The van der Waals surface area contributed by atoms with Gasteiger partial charge >= 0.3 is 0 Å². The predicted octanol–water partition coefficient (Wildman–Crippen LogP) is 1.19. The van der Waals surface area contributed by atoms with Crippen LogP contribution in [-0.2, 0) is 9.53 Å². The van der Waals surface area contributed by atoms with Crippen LogP contribution in [0, 0.1) is 0 Å². The van der Waals surface area contributed by atoms with E-state index in [4.69, 9.17) is 21.1 Å². The maximum atomic E-state index is 10.8. The fraction of sp³-hybridized carbons (Fsp3) is 0.300. The fourth-order valence-electron chi connectivity index (χ4n) is 1.23. The van der Waals surface area contributed by atoms with E-state index in [1.807, 2.05) is 0 Å². The van der Waals surface area contributed by atoms with Gasteiger partial charge < -0.3 is 14.8 Å². The minimum Gasteiger partial charge on any atom is -0.489 e. The second kappa shape index (κ2) is 4.51. The van der Waals surface area contributed by atoms with Crippen molar-refractivity contribution in [1.82, 2.24) is 5.32 Å². The Morgan fingerprint density at radius 3 is 2.80 bits per heavy atom. The number of carbonyl (C=O) groups is 1. The van der Waals surface area contributed by atoms with Crippen LogP contribution < -0.4 is 10.1 Å². The predicted molar refractivity (Wildman–Crippen MR) is 54.8 cm³/mol. The van der Waals surface area contributed by atoms with Crippen molar-refractivity contribution in [3.05, 3.63) is 29.3 Å². The lowest BCUT2D eigenvalue weighted by Crippen LogP contribution is -2.31. The summed E-state index contributed by atoms with van der Waals surface area (Å²) in [5, 5.41) is 3.28. The zero-order valence-electron chi connectivity index (χ0n) is 7.90. The third-order valence-electron chi connectivity index (χ3n) is 1.95. The number of rotatable bonds is 3. The van der Waals surface area contributed by atoms with Crippen molar-refractivity contribution in [3.8, 4) is 5.75 Å². The molecule has 1 aliphatic rings. The van der Waals surface area contributed by atoms with Crippen molar-refractivity contribution in [2.24, 2.45) is 0 Å². The zero-order valence-corrected chi connectivity index (χ0v) is 8.66. The van der Waals surface area contributed by atoms with E-state index in [9.17, 15) is 4.79 Å². The van der Waals surface area contributed by atoms with Crippen LogP contribution in [0.15, 0.2) is 24.3 Å². The number of hydrogen-bond donors (Lipinski definition) is 1. The normalized spacial score (nSPS) is 20.1. The molecule has 0 aliphatic carbocycles. The molecular formula is C10H10ClNO3. The third-order valence-corrected chi connectivity index (χ3v) is 2.20. The standard InChI is InChI=1S/C10H10ClNO3/c11-7-1-3-8(4-2-7)14-6-10-12-9(13)5-15-10/h1-4,10H,5-6H2,(H,12,13). The van der Waals surface area contributed by atoms with Crippen LogP contribution >= 0.6 is 11.6 Å². The molecule has 2 rings (SSSR count). The number of ether oxygens (including phenoxy) is 2. The SMILES string of the molecule is O=C1COC(COc2ccc(Cl)cc2)N1. The average molecular weight is 228 g/mol. The summed E-state index contributed by atoms with van der Waals surface area (Å²) in [6, 6.07) is 7.01. The molecule has 0 spiro atoms. The Balaban J connectivity index is 1.83. The molecule has 1 N–H and O–H groups in total. The van der Waals surface area contributed by atoms with Crippen LogP contribution in [-0.4, -0.2) is 25.3 Å². The van der Waals surface area contributed by atoms with Crippen LogP contribution in [0.1, 0.15) is 0 Å². The van der Waals surface area contributed by atoms with E-state index in [2.05, 4.69) is 5.32 Å². The summed E-state index contributed by atoms with van der Waals surface area (Å²) >= 11 is 5.72. The smallest absolute Gasteiger partial charge is 0.248 e. The first-order chi connectivity index (χ1) is 7.24. The van der Waals surface area contributed by atoms with Crippen molar-refractivity contribution in [2.75, 3.05) is 13.2 Å². The van der Waals surface area contributed by atoms with Crippen molar-refractivity contribution in [1.29, 1.82) is 0 Å². The first-order valence-electron chi connectivity index (χ1n) is 4.53. The monoisotopic (exact) mass is 227 g/mol. The van der Waals surface area contributed by atoms with Gasteiger partial charge in [-0.3, -0.25) is 4.79 Å². The summed E-state index contributed by atoms with van der Waals surface area (Å²) in [7, 11) is 0. The Kier molecular flexibility index (Phi) is 3.08. The summed E-state index contributed by atoms with van der Waals surface area (Å²) in [4.78, 5) is 10.8. The number of carbonyl (C=O) groups excluding carboxylic acids is 1. The van der Waals surface area contributed by atoms with Gasteiger partial charge in [0.25, 0.3) is 0 Å². The van der Waals surface area contributed by atoms with Gasteiger partial charge in [0.05, 0.1) is 0 Å². The number of amides is 1. The molecule has 15 heavy (non-hydrogen) atoms. The molecule has 0 bridgehead atoms. The number of hydrogen-bond acceptors (Lipinski definition) is 3. The topological polar surface area (TPSA) is 47.6 Å². The lowest BCUT2D eigenvalue weighted by atomic mass is 10.3. The quantitative estimate of drug-likeness (QED) is 0.844.